The van der Waals surface area contributed by atoms with Gasteiger partial charge in [0.25, 0.3) is 12.3 Å². The molecule has 37 heavy (non-hydrogen) atoms. The molecule has 0 atom stereocenters. The second kappa shape index (κ2) is 10.8. The molecule has 1 fully saturated rings. The van der Waals surface area contributed by atoms with Gasteiger partial charge in [0.1, 0.15) is 16.9 Å². The fourth-order valence-corrected chi connectivity index (χ4v) is 4.56. The molecule has 2 aromatic heterocycles. The number of amides is 1. The zero-order chi connectivity index (χ0) is 26.9. The maximum absolute atomic E-state index is 13.5. The smallest absolute Gasteiger partial charge is 0.391 e. The molecule has 200 valence electrons. The van der Waals surface area contributed by atoms with Gasteiger partial charge in [-0.2, -0.15) is 18.2 Å². The van der Waals surface area contributed by atoms with Crippen LogP contribution in [0.3, 0.4) is 0 Å². The number of imidazole rings is 1. The van der Waals surface area contributed by atoms with E-state index < -0.39 is 48.8 Å². The van der Waals surface area contributed by atoms with E-state index in [0.717, 1.165) is 12.1 Å². The van der Waals surface area contributed by atoms with Gasteiger partial charge in [0.05, 0.1) is 21.7 Å². The van der Waals surface area contributed by atoms with E-state index in [9.17, 15) is 31.1 Å². The van der Waals surface area contributed by atoms with Gasteiger partial charge in [-0.1, -0.05) is 23.2 Å². The van der Waals surface area contributed by atoms with Crippen LogP contribution in [0, 0.1) is 11.7 Å². The molecule has 0 radical (unpaired) electrons. The van der Waals surface area contributed by atoms with Crippen molar-refractivity contribution in [3.05, 3.63) is 39.6 Å². The minimum Gasteiger partial charge on any atom is -0.471 e. The molecule has 1 aromatic carbocycles. The zero-order valence-electron chi connectivity index (χ0n) is 18.7. The Hall–Kier alpha value is -2.93. The SMILES string of the molecule is O=C(NC1CCC(C(F)(F)F)CC1)c1cc2nc(Nc3c(Cl)cc(F)cc3Cl)[nH]c2nc1OCC(F)F. The van der Waals surface area contributed by atoms with E-state index in [4.69, 9.17) is 27.9 Å². The lowest BCUT2D eigenvalue weighted by molar-refractivity contribution is -0.182. The van der Waals surface area contributed by atoms with Crippen LogP contribution in [0.2, 0.25) is 10.0 Å². The number of carbonyl (C=O) groups excluding carboxylic acids is 1. The van der Waals surface area contributed by atoms with Gasteiger partial charge in [-0.3, -0.25) is 4.79 Å². The van der Waals surface area contributed by atoms with Gasteiger partial charge in [0, 0.05) is 6.04 Å². The van der Waals surface area contributed by atoms with Gasteiger partial charge in [-0.15, -0.1) is 0 Å². The lowest BCUT2D eigenvalue weighted by atomic mass is 9.85. The molecule has 1 aliphatic rings. The van der Waals surface area contributed by atoms with Crippen molar-refractivity contribution in [2.75, 3.05) is 11.9 Å². The van der Waals surface area contributed by atoms with Crippen LogP contribution in [0.4, 0.5) is 38.0 Å². The summed E-state index contributed by atoms with van der Waals surface area (Å²) in [5, 5.41) is 5.31. The monoisotopic (exact) mass is 569 g/mol. The molecule has 0 aliphatic heterocycles. The predicted octanol–water partition coefficient (Wildman–Crippen LogP) is 6.64. The molecule has 15 heteroatoms. The molecular weight excluding hydrogens is 551 g/mol. The molecule has 4 rings (SSSR count). The van der Waals surface area contributed by atoms with Gasteiger partial charge in [0.2, 0.25) is 11.8 Å². The van der Waals surface area contributed by atoms with Crippen molar-refractivity contribution >= 4 is 51.9 Å². The van der Waals surface area contributed by atoms with Crippen LogP contribution in [-0.4, -0.2) is 46.1 Å². The summed E-state index contributed by atoms with van der Waals surface area (Å²) in [4.78, 5) is 24.0. The highest BCUT2D eigenvalue weighted by molar-refractivity contribution is 6.39. The minimum atomic E-state index is -4.30. The number of aromatic amines is 1. The summed E-state index contributed by atoms with van der Waals surface area (Å²) >= 11 is 12.0. The average molecular weight is 570 g/mol. The van der Waals surface area contributed by atoms with Crippen molar-refractivity contribution in [3.8, 4) is 5.88 Å². The van der Waals surface area contributed by atoms with Crippen LogP contribution in [0.25, 0.3) is 11.2 Å². The molecule has 3 N–H and O–H groups in total. The van der Waals surface area contributed by atoms with E-state index >= 15 is 0 Å². The van der Waals surface area contributed by atoms with E-state index in [1.165, 1.54) is 6.07 Å². The molecule has 0 spiro atoms. The number of benzene rings is 1. The highest BCUT2D eigenvalue weighted by Crippen LogP contribution is 2.38. The highest BCUT2D eigenvalue weighted by atomic mass is 35.5. The summed E-state index contributed by atoms with van der Waals surface area (Å²) in [5.74, 6) is -3.21. The molecule has 0 saturated heterocycles. The van der Waals surface area contributed by atoms with E-state index in [1.54, 1.807) is 0 Å². The van der Waals surface area contributed by atoms with Gasteiger partial charge >= 0.3 is 6.18 Å². The number of carbonyl (C=O) groups is 1. The number of rotatable bonds is 7. The molecule has 2 heterocycles. The number of H-pyrrole nitrogens is 1. The van der Waals surface area contributed by atoms with Crippen molar-refractivity contribution in [1.29, 1.82) is 0 Å². The summed E-state index contributed by atoms with van der Waals surface area (Å²) in [6.45, 7) is -1.05. The van der Waals surface area contributed by atoms with Crippen molar-refractivity contribution in [1.82, 2.24) is 20.3 Å². The van der Waals surface area contributed by atoms with Gasteiger partial charge in [-0.25, -0.2) is 18.2 Å². The highest BCUT2D eigenvalue weighted by Gasteiger charge is 2.41. The summed E-state index contributed by atoms with van der Waals surface area (Å²) < 4.78 is 82.9. The number of nitrogens with one attached hydrogen (secondary N) is 3. The van der Waals surface area contributed by atoms with Gasteiger partial charge < -0.3 is 20.4 Å². The fraction of sp³-hybridized carbons (Fsp3) is 0.409. The molecule has 7 nitrogen and oxygen atoms in total. The summed E-state index contributed by atoms with van der Waals surface area (Å²) in [6.07, 6.45) is -7.21. The Bertz CT molecular complexity index is 1270. The Labute approximate surface area is 215 Å². The number of alkyl halides is 5. The van der Waals surface area contributed by atoms with E-state index in [2.05, 4.69) is 25.6 Å². The predicted molar refractivity (Wildman–Crippen MR) is 124 cm³/mol. The van der Waals surface area contributed by atoms with E-state index in [0.29, 0.717) is 0 Å². The quantitative estimate of drug-likeness (QED) is 0.277. The van der Waals surface area contributed by atoms with Crippen LogP contribution in [-0.2, 0) is 0 Å². The van der Waals surface area contributed by atoms with Crippen LogP contribution in [0.15, 0.2) is 18.2 Å². The maximum Gasteiger partial charge on any atom is 0.391 e. The first-order valence-corrected chi connectivity index (χ1v) is 11.8. The molecule has 0 unspecified atom stereocenters. The van der Waals surface area contributed by atoms with E-state index in [1.807, 2.05) is 0 Å². The lowest BCUT2D eigenvalue weighted by Gasteiger charge is -2.30. The summed E-state index contributed by atoms with van der Waals surface area (Å²) in [5.41, 5.74) is 0.0999. The average Bonchev–Trinajstić information content (AvgIpc) is 3.20. The largest absolute Gasteiger partial charge is 0.471 e. The summed E-state index contributed by atoms with van der Waals surface area (Å²) in [7, 11) is 0. The van der Waals surface area contributed by atoms with Crippen LogP contribution in [0.1, 0.15) is 36.0 Å². The maximum atomic E-state index is 13.5. The third-order valence-electron chi connectivity index (χ3n) is 5.80. The first kappa shape index (κ1) is 27.1. The first-order chi connectivity index (χ1) is 17.4. The number of hydrogen-bond donors (Lipinski definition) is 3. The lowest BCUT2D eigenvalue weighted by Crippen LogP contribution is -2.40. The van der Waals surface area contributed by atoms with Gasteiger partial charge in [-0.05, 0) is 43.9 Å². The fourth-order valence-electron chi connectivity index (χ4n) is 4.01. The summed E-state index contributed by atoms with van der Waals surface area (Å²) in [6, 6.07) is 2.76. The first-order valence-electron chi connectivity index (χ1n) is 11.0. The standard InChI is InChI=1S/C22H19Cl2F6N5O2/c23-13-5-10(25)6-14(24)17(13)33-21-32-15-7-12(20(34-18(15)35-21)37-8-16(26)27)19(36)31-11-3-1-9(2-4-11)22(28,29)30/h5-7,9,11,16H,1-4,8H2,(H,31,36)(H2,32,33,34,35). The second-order valence-corrected chi connectivity index (χ2v) is 9.24. The number of fused-ring (bicyclic) bond motifs is 1. The van der Waals surface area contributed by atoms with Gasteiger partial charge in [0.15, 0.2) is 12.3 Å². The molecular formula is C22H19Cl2F6N5O2. The Balaban J connectivity index is 1.58. The van der Waals surface area contributed by atoms with Crippen LogP contribution in [0.5, 0.6) is 5.88 Å². The number of pyridine rings is 1. The van der Waals surface area contributed by atoms with Crippen LogP contribution >= 0.6 is 23.2 Å². The zero-order valence-corrected chi connectivity index (χ0v) is 20.2. The molecule has 1 aliphatic carbocycles. The van der Waals surface area contributed by atoms with Crippen molar-refractivity contribution in [2.24, 2.45) is 5.92 Å². The number of ether oxygens (including phenoxy) is 1. The number of halogens is 8. The Morgan fingerprint density at radius 1 is 1.11 bits per heavy atom. The number of nitrogens with zero attached hydrogens (tertiary/aromatic N) is 2. The second-order valence-electron chi connectivity index (χ2n) is 8.43. The molecule has 3 aromatic rings. The van der Waals surface area contributed by atoms with Crippen molar-refractivity contribution in [3.63, 3.8) is 0 Å². The molecule has 1 saturated carbocycles. The number of anilines is 2. The Morgan fingerprint density at radius 2 is 1.76 bits per heavy atom. The molecule has 0 bridgehead atoms. The van der Waals surface area contributed by atoms with Crippen molar-refractivity contribution < 1.29 is 35.9 Å². The third kappa shape index (κ3) is 6.50. The molecule has 1 amide bonds. The Kier molecular flexibility index (Phi) is 7.93. The number of hydrogen-bond acceptors (Lipinski definition) is 5. The third-order valence-corrected chi connectivity index (χ3v) is 6.40. The topological polar surface area (TPSA) is 91.9 Å². The minimum absolute atomic E-state index is 0.0420. The Morgan fingerprint density at radius 3 is 2.35 bits per heavy atom. The normalized spacial score (nSPS) is 18.3. The van der Waals surface area contributed by atoms with E-state index in [-0.39, 0.29) is 64.1 Å². The van der Waals surface area contributed by atoms with Crippen molar-refractivity contribution in [2.45, 2.75) is 44.3 Å². The van der Waals surface area contributed by atoms with Crippen LogP contribution < -0.4 is 15.4 Å². The number of aromatic nitrogens is 3.